The fourth-order valence-corrected chi connectivity index (χ4v) is 2.60. The van der Waals surface area contributed by atoms with Crippen molar-refractivity contribution in [3.05, 3.63) is 24.1 Å². The Morgan fingerprint density at radius 1 is 1.33 bits per heavy atom. The van der Waals surface area contributed by atoms with E-state index in [-0.39, 0.29) is 17.4 Å². The van der Waals surface area contributed by atoms with E-state index in [1.807, 2.05) is 13.8 Å². The normalized spacial score (nSPS) is 23.7. The minimum Gasteiger partial charge on any atom is -0.460 e. The number of esters is 2. The van der Waals surface area contributed by atoms with Crippen LogP contribution in [-0.2, 0) is 19.1 Å². The fraction of sp³-hybridized carbons (Fsp3) is 0.579. The summed E-state index contributed by atoms with van der Waals surface area (Å²) < 4.78 is 23.9. The SMILES string of the molecule is C#CC(OC(=O)C1C(/C=C/C(=O)OC(C)C)C1(C)C)/C(F)=C/CC. The highest BCUT2D eigenvalue weighted by atomic mass is 19.1. The number of allylic oxidation sites excluding steroid dienone is 2. The van der Waals surface area contributed by atoms with Crippen molar-refractivity contribution in [2.75, 3.05) is 0 Å². The first-order valence-corrected chi connectivity index (χ1v) is 8.06. The van der Waals surface area contributed by atoms with E-state index in [0.29, 0.717) is 6.42 Å². The Morgan fingerprint density at radius 3 is 2.46 bits per heavy atom. The monoisotopic (exact) mass is 336 g/mol. The van der Waals surface area contributed by atoms with Crippen molar-refractivity contribution in [1.82, 2.24) is 0 Å². The molecule has 0 saturated heterocycles. The van der Waals surface area contributed by atoms with Crippen LogP contribution in [0.1, 0.15) is 41.0 Å². The largest absolute Gasteiger partial charge is 0.460 e. The smallest absolute Gasteiger partial charge is 0.330 e. The molecule has 3 unspecified atom stereocenters. The molecule has 0 spiro atoms. The van der Waals surface area contributed by atoms with Crippen molar-refractivity contribution in [3.63, 3.8) is 0 Å². The van der Waals surface area contributed by atoms with Crippen LogP contribution in [-0.4, -0.2) is 24.1 Å². The predicted octanol–water partition coefficient (Wildman–Crippen LogP) is 3.57. The van der Waals surface area contributed by atoms with Gasteiger partial charge in [-0.2, -0.15) is 0 Å². The van der Waals surface area contributed by atoms with Gasteiger partial charge in [0.2, 0.25) is 6.10 Å². The van der Waals surface area contributed by atoms with Crippen molar-refractivity contribution in [2.24, 2.45) is 17.3 Å². The van der Waals surface area contributed by atoms with Gasteiger partial charge in [0.15, 0.2) is 0 Å². The van der Waals surface area contributed by atoms with Crippen LogP contribution in [0.4, 0.5) is 4.39 Å². The molecule has 0 aromatic rings. The molecular weight excluding hydrogens is 311 g/mol. The van der Waals surface area contributed by atoms with E-state index in [4.69, 9.17) is 15.9 Å². The Balaban J connectivity index is 2.71. The zero-order valence-corrected chi connectivity index (χ0v) is 14.8. The number of carbonyl (C=O) groups excluding carboxylic acids is 2. The topological polar surface area (TPSA) is 52.6 Å². The van der Waals surface area contributed by atoms with Crippen LogP contribution in [0.25, 0.3) is 0 Å². The number of carbonyl (C=O) groups is 2. The van der Waals surface area contributed by atoms with Gasteiger partial charge in [-0.15, -0.1) is 6.42 Å². The lowest BCUT2D eigenvalue weighted by Crippen LogP contribution is -2.20. The van der Waals surface area contributed by atoms with Gasteiger partial charge in [-0.25, -0.2) is 9.18 Å². The van der Waals surface area contributed by atoms with Gasteiger partial charge in [0.1, 0.15) is 5.83 Å². The third-order valence-corrected chi connectivity index (χ3v) is 3.99. The van der Waals surface area contributed by atoms with E-state index >= 15 is 0 Å². The molecule has 1 fully saturated rings. The average molecular weight is 336 g/mol. The van der Waals surface area contributed by atoms with Gasteiger partial charge < -0.3 is 9.47 Å². The molecule has 4 nitrogen and oxygen atoms in total. The summed E-state index contributed by atoms with van der Waals surface area (Å²) in [5, 5.41) is 0. The Labute approximate surface area is 143 Å². The van der Waals surface area contributed by atoms with Crippen LogP contribution >= 0.6 is 0 Å². The Hall–Kier alpha value is -2.09. The lowest BCUT2D eigenvalue weighted by Gasteiger charge is -2.11. The molecule has 0 aromatic heterocycles. The zero-order valence-electron chi connectivity index (χ0n) is 14.8. The Morgan fingerprint density at radius 2 is 1.96 bits per heavy atom. The summed E-state index contributed by atoms with van der Waals surface area (Å²) in [5.74, 6) is -0.170. The second-order valence-corrected chi connectivity index (χ2v) is 6.65. The molecule has 1 rings (SSSR count). The van der Waals surface area contributed by atoms with Crippen molar-refractivity contribution in [3.8, 4) is 12.3 Å². The molecule has 0 amide bonds. The van der Waals surface area contributed by atoms with E-state index in [1.54, 1.807) is 26.8 Å². The predicted molar refractivity (Wildman–Crippen MR) is 89.3 cm³/mol. The van der Waals surface area contributed by atoms with E-state index < -0.39 is 29.8 Å². The number of halogens is 1. The molecule has 1 aliphatic rings. The molecule has 132 valence electrons. The summed E-state index contributed by atoms with van der Waals surface area (Å²) in [6, 6.07) is 0. The average Bonchev–Trinajstić information content (AvgIpc) is 3.03. The van der Waals surface area contributed by atoms with Crippen molar-refractivity contribution >= 4 is 11.9 Å². The minimum atomic E-state index is -1.30. The van der Waals surface area contributed by atoms with E-state index in [1.165, 1.54) is 12.2 Å². The summed E-state index contributed by atoms with van der Waals surface area (Å²) in [5.41, 5.74) is -0.379. The highest BCUT2D eigenvalue weighted by molar-refractivity contribution is 5.83. The molecule has 5 heteroatoms. The molecule has 0 radical (unpaired) electrons. The minimum absolute atomic E-state index is 0.179. The third kappa shape index (κ3) is 4.95. The first-order chi connectivity index (χ1) is 11.1. The molecular formula is C19H25FO4. The lowest BCUT2D eigenvalue weighted by molar-refractivity contribution is -0.148. The van der Waals surface area contributed by atoms with Gasteiger partial charge in [0.25, 0.3) is 0 Å². The molecule has 0 aliphatic heterocycles. The molecule has 0 bridgehead atoms. The second kappa shape index (κ2) is 8.14. The van der Waals surface area contributed by atoms with Gasteiger partial charge in [-0.1, -0.05) is 32.8 Å². The molecule has 1 saturated carbocycles. The van der Waals surface area contributed by atoms with Gasteiger partial charge in [0, 0.05) is 6.08 Å². The summed E-state index contributed by atoms with van der Waals surface area (Å²) >= 11 is 0. The summed E-state index contributed by atoms with van der Waals surface area (Å²) in [7, 11) is 0. The summed E-state index contributed by atoms with van der Waals surface area (Å²) in [4.78, 5) is 23.8. The number of ether oxygens (including phenoxy) is 2. The van der Waals surface area contributed by atoms with Gasteiger partial charge >= 0.3 is 11.9 Å². The fourth-order valence-electron chi connectivity index (χ4n) is 2.60. The molecule has 3 atom stereocenters. The van der Waals surface area contributed by atoms with E-state index in [2.05, 4.69) is 5.92 Å². The highest BCUT2D eigenvalue weighted by Gasteiger charge is 2.61. The maximum Gasteiger partial charge on any atom is 0.330 e. The third-order valence-electron chi connectivity index (χ3n) is 3.99. The molecule has 0 N–H and O–H groups in total. The number of rotatable bonds is 7. The Kier molecular flexibility index (Phi) is 6.77. The Bertz CT molecular complexity index is 581. The van der Waals surface area contributed by atoms with Crippen molar-refractivity contribution < 1.29 is 23.5 Å². The first kappa shape index (κ1) is 20.0. The summed E-state index contributed by atoms with van der Waals surface area (Å²) in [6.07, 6.45) is 8.43. The van der Waals surface area contributed by atoms with Crippen LogP contribution in [0.3, 0.4) is 0 Å². The maximum atomic E-state index is 13.7. The van der Waals surface area contributed by atoms with Crippen LogP contribution in [0, 0.1) is 29.6 Å². The number of hydrogen-bond donors (Lipinski definition) is 0. The molecule has 24 heavy (non-hydrogen) atoms. The zero-order chi connectivity index (χ0) is 18.5. The molecule has 0 aromatic carbocycles. The highest BCUT2D eigenvalue weighted by Crippen LogP contribution is 2.59. The van der Waals surface area contributed by atoms with Gasteiger partial charge in [0.05, 0.1) is 12.0 Å². The van der Waals surface area contributed by atoms with Crippen LogP contribution in [0.2, 0.25) is 0 Å². The van der Waals surface area contributed by atoms with Crippen molar-refractivity contribution in [2.45, 2.75) is 53.2 Å². The van der Waals surface area contributed by atoms with E-state index in [0.717, 1.165) is 0 Å². The summed E-state index contributed by atoms with van der Waals surface area (Å²) in [6.45, 7) is 9.03. The van der Waals surface area contributed by atoms with Crippen LogP contribution in [0.5, 0.6) is 0 Å². The molecule has 0 heterocycles. The van der Waals surface area contributed by atoms with Gasteiger partial charge in [-0.3, -0.25) is 4.79 Å². The van der Waals surface area contributed by atoms with Crippen molar-refractivity contribution in [1.29, 1.82) is 0 Å². The maximum absolute atomic E-state index is 13.7. The number of terminal acetylenes is 1. The van der Waals surface area contributed by atoms with Gasteiger partial charge in [-0.05, 0) is 37.7 Å². The van der Waals surface area contributed by atoms with Crippen LogP contribution in [0.15, 0.2) is 24.1 Å². The first-order valence-electron chi connectivity index (χ1n) is 8.06. The lowest BCUT2D eigenvalue weighted by atomic mass is 10.1. The number of hydrogen-bond acceptors (Lipinski definition) is 4. The van der Waals surface area contributed by atoms with Crippen LogP contribution < -0.4 is 0 Å². The second-order valence-electron chi connectivity index (χ2n) is 6.65. The quantitative estimate of drug-likeness (QED) is 0.405. The van der Waals surface area contributed by atoms with E-state index in [9.17, 15) is 14.0 Å². The standard InChI is InChI=1S/C19H25FO4/c1-7-9-14(20)15(8-2)24-18(22)17-13(19(17,5)6)10-11-16(21)23-12(3)4/h2,9-13,15,17H,7H2,1,3-6H3/b11-10+,14-9-. The molecule has 1 aliphatic carbocycles.